The van der Waals surface area contributed by atoms with Crippen LogP contribution in [-0.4, -0.2) is 11.9 Å². The van der Waals surface area contributed by atoms with Gasteiger partial charge in [-0.05, 0) is 42.3 Å². The van der Waals surface area contributed by atoms with Crippen molar-refractivity contribution >= 4 is 35.6 Å². The molecule has 114 valence electrons. The SMILES string of the molecule is Cc1ccc(/C=C2N=C(/C=C/c3ccc(Cl)cc3)OC/2=O)cc1. The fourth-order valence-corrected chi connectivity index (χ4v) is 2.18. The van der Waals surface area contributed by atoms with E-state index in [1.54, 1.807) is 24.3 Å². The van der Waals surface area contributed by atoms with Gasteiger partial charge in [0, 0.05) is 11.1 Å². The number of hydrogen-bond donors (Lipinski definition) is 0. The second-order valence-corrected chi connectivity index (χ2v) is 5.60. The van der Waals surface area contributed by atoms with E-state index in [4.69, 9.17) is 16.3 Å². The third kappa shape index (κ3) is 3.96. The van der Waals surface area contributed by atoms with Gasteiger partial charge in [0.25, 0.3) is 0 Å². The van der Waals surface area contributed by atoms with Crippen molar-refractivity contribution < 1.29 is 9.53 Å². The summed E-state index contributed by atoms with van der Waals surface area (Å²) in [5, 5.41) is 0.676. The van der Waals surface area contributed by atoms with E-state index in [1.165, 1.54) is 0 Å². The fourth-order valence-electron chi connectivity index (χ4n) is 2.06. The Morgan fingerprint density at radius 3 is 2.30 bits per heavy atom. The fraction of sp³-hybridized carbons (Fsp3) is 0.0526. The highest BCUT2D eigenvalue weighted by Crippen LogP contribution is 2.17. The normalized spacial score (nSPS) is 16.0. The second kappa shape index (κ2) is 6.63. The van der Waals surface area contributed by atoms with Gasteiger partial charge in [-0.3, -0.25) is 0 Å². The van der Waals surface area contributed by atoms with E-state index in [-0.39, 0.29) is 5.90 Å². The summed E-state index contributed by atoms with van der Waals surface area (Å²) in [7, 11) is 0. The minimum atomic E-state index is -0.443. The topological polar surface area (TPSA) is 38.7 Å². The highest BCUT2D eigenvalue weighted by molar-refractivity contribution is 6.30. The third-order valence-electron chi connectivity index (χ3n) is 3.31. The number of nitrogens with zero attached hydrogens (tertiary/aromatic N) is 1. The lowest BCUT2D eigenvalue weighted by Gasteiger charge is -1.95. The molecule has 4 heteroatoms. The molecule has 2 aromatic rings. The number of halogens is 1. The molecule has 1 heterocycles. The van der Waals surface area contributed by atoms with Crippen LogP contribution in [0.15, 0.2) is 65.3 Å². The average molecular weight is 324 g/mol. The van der Waals surface area contributed by atoms with Crippen LogP contribution < -0.4 is 0 Å². The summed E-state index contributed by atoms with van der Waals surface area (Å²) >= 11 is 5.84. The molecule has 0 amide bonds. The van der Waals surface area contributed by atoms with Crippen LogP contribution >= 0.6 is 11.6 Å². The maximum absolute atomic E-state index is 11.9. The number of rotatable bonds is 3. The quantitative estimate of drug-likeness (QED) is 0.608. The van der Waals surface area contributed by atoms with E-state index >= 15 is 0 Å². The Hall–Kier alpha value is -2.65. The van der Waals surface area contributed by atoms with E-state index in [1.807, 2.05) is 49.4 Å². The zero-order chi connectivity index (χ0) is 16.2. The predicted molar refractivity (Wildman–Crippen MR) is 93.2 cm³/mol. The van der Waals surface area contributed by atoms with E-state index in [9.17, 15) is 4.79 Å². The number of carbonyl (C=O) groups is 1. The maximum Gasteiger partial charge on any atom is 0.363 e. The Morgan fingerprint density at radius 2 is 1.61 bits per heavy atom. The minimum Gasteiger partial charge on any atom is -0.403 e. The van der Waals surface area contributed by atoms with Crippen molar-refractivity contribution in [1.82, 2.24) is 0 Å². The van der Waals surface area contributed by atoms with Crippen LogP contribution in [0.5, 0.6) is 0 Å². The summed E-state index contributed by atoms with van der Waals surface area (Å²) < 4.78 is 5.15. The number of ether oxygens (including phenoxy) is 1. The monoisotopic (exact) mass is 323 g/mol. The van der Waals surface area contributed by atoms with Crippen molar-refractivity contribution in [3.05, 3.63) is 82.0 Å². The van der Waals surface area contributed by atoms with Crippen LogP contribution in [0, 0.1) is 6.92 Å². The van der Waals surface area contributed by atoms with E-state index < -0.39 is 5.97 Å². The molecule has 0 N–H and O–H groups in total. The Kier molecular flexibility index (Phi) is 4.40. The molecule has 0 aromatic heterocycles. The van der Waals surface area contributed by atoms with Crippen LogP contribution in [0.25, 0.3) is 12.2 Å². The second-order valence-electron chi connectivity index (χ2n) is 5.16. The van der Waals surface area contributed by atoms with Gasteiger partial charge in [0.1, 0.15) is 0 Å². The Labute approximate surface area is 139 Å². The predicted octanol–water partition coefficient (Wildman–Crippen LogP) is 4.66. The molecule has 0 spiro atoms. The molecule has 0 radical (unpaired) electrons. The van der Waals surface area contributed by atoms with Gasteiger partial charge in [0.2, 0.25) is 5.90 Å². The summed E-state index contributed by atoms with van der Waals surface area (Å²) in [6.07, 6.45) is 5.19. The lowest BCUT2D eigenvalue weighted by Crippen LogP contribution is -2.01. The van der Waals surface area contributed by atoms with E-state index in [0.717, 1.165) is 16.7 Å². The molecule has 0 saturated heterocycles. The molecular formula is C19H14ClNO2. The molecular weight excluding hydrogens is 310 g/mol. The molecule has 2 aromatic carbocycles. The molecule has 23 heavy (non-hydrogen) atoms. The summed E-state index contributed by atoms with van der Waals surface area (Å²) in [5.74, 6) is -0.162. The first kappa shape index (κ1) is 15.3. The van der Waals surface area contributed by atoms with Crippen molar-refractivity contribution in [2.75, 3.05) is 0 Å². The molecule has 3 nitrogen and oxygen atoms in total. The molecule has 0 unspecified atom stereocenters. The van der Waals surface area contributed by atoms with E-state index in [0.29, 0.717) is 10.7 Å². The molecule has 3 rings (SSSR count). The van der Waals surface area contributed by atoms with Gasteiger partial charge < -0.3 is 4.74 Å². The summed E-state index contributed by atoms with van der Waals surface area (Å²) in [6, 6.07) is 15.2. The highest BCUT2D eigenvalue weighted by Gasteiger charge is 2.20. The third-order valence-corrected chi connectivity index (χ3v) is 3.56. The molecule has 0 saturated carbocycles. The smallest absolute Gasteiger partial charge is 0.363 e. The van der Waals surface area contributed by atoms with Gasteiger partial charge in [0.15, 0.2) is 5.70 Å². The largest absolute Gasteiger partial charge is 0.403 e. The number of esters is 1. The maximum atomic E-state index is 11.9. The number of aryl methyl sites for hydroxylation is 1. The summed E-state index contributed by atoms with van der Waals surface area (Å²) in [4.78, 5) is 16.1. The van der Waals surface area contributed by atoms with Crippen molar-refractivity contribution in [3.63, 3.8) is 0 Å². The molecule has 1 aliphatic heterocycles. The van der Waals surface area contributed by atoms with Crippen molar-refractivity contribution in [3.8, 4) is 0 Å². The molecule has 0 bridgehead atoms. The first-order valence-electron chi connectivity index (χ1n) is 7.13. The number of aliphatic imine (C=N–C) groups is 1. The van der Waals surface area contributed by atoms with Gasteiger partial charge in [-0.2, -0.15) is 0 Å². The number of cyclic esters (lactones) is 1. The minimum absolute atomic E-state index is 0.281. The van der Waals surface area contributed by atoms with Gasteiger partial charge in [-0.1, -0.05) is 53.6 Å². The standard InChI is InChI=1S/C19H14ClNO2/c1-13-2-4-15(5-3-13)12-17-19(22)23-18(21-17)11-8-14-6-9-16(20)10-7-14/h2-12H,1H3/b11-8+,17-12+. The first-order valence-corrected chi connectivity index (χ1v) is 7.51. The molecule has 0 fully saturated rings. The lowest BCUT2D eigenvalue weighted by molar-refractivity contribution is -0.129. The van der Waals surface area contributed by atoms with Crippen LogP contribution in [0.4, 0.5) is 0 Å². The summed E-state index contributed by atoms with van der Waals surface area (Å²) in [6.45, 7) is 2.01. The number of carbonyl (C=O) groups excluding carboxylic acids is 1. The van der Waals surface area contributed by atoms with Crippen LogP contribution in [0.2, 0.25) is 5.02 Å². The average Bonchev–Trinajstić information content (AvgIpc) is 2.89. The number of benzene rings is 2. The molecule has 0 atom stereocenters. The zero-order valence-corrected chi connectivity index (χ0v) is 13.2. The van der Waals surface area contributed by atoms with Gasteiger partial charge >= 0.3 is 5.97 Å². The summed E-state index contributed by atoms with van der Waals surface area (Å²) in [5.41, 5.74) is 3.32. The lowest BCUT2D eigenvalue weighted by atomic mass is 10.1. The van der Waals surface area contributed by atoms with Crippen molar-refractivity contribution in [2.24, 2.45) is 4.99 Å². The van der Waals surface area contributed by atoms with Crippen LogP contribution in [-0.2, 0) is 9.53 Å². The van der Waals surface area contributed by atoms with Crippen LogP contribution in [0.3, 0.4) is 0 Å². The Balaban J connectivity index is 1.78. The zero-order valence-electron chi connectivity index (χ0n) is 12.5. The van der Waals surface area contributed by atoms with Gasteiger partial charge in [-0.25, -0.2) is 9.79 Å². The van der Waals surface area contributed by atoms with Crippen molar-refractivity contribution in [1.29, 1.82) is 0 Å². The first-order chi connectivity index (χ1) is 11.1. The Bertz CT molecular complexity index is 815. The van der Waals surface area contributed by atoms with Crippen molar-refractivity contribution in [2.45, 2.75) is 6.92 Å². The van der Waals surface area contributed by atoms with Crippen LogP contribution in [0.1, 0.15) is 16.7 Å². The number of hydrogen-bond acceptors (Lipinski definition) is 3. The molecule has 0 aliphatic carbocycles. The Morgan fingerprint density at radius 1 is 0.957 bits per heavy atom. The molecule has 1 aliphatic rings. The van der Waals surface area contributed by atoms with Gasteiger partial charge in [0.05, 0.1) is 0 Å². The highest BCUT2D eigenvalue weighted by atomic mass is 35.5. The van der Waals surface area contributed by atoms with Gasteiger partial charge in [-0.15, -0.1) is 0 Å². The van der Waals surface area contributed by atoms with E-state index in [2.05, 4.69) is 4.99 Å².